The number of hydrogen-bond donors (Lipinski definition) is 2. The molecule has 136 valence electrons. The van der Waals surface area contributed by atoms with Gasteiger partial charge in [-0.2, -0.15) is 5.10 Å². The van der Waals surface area contributed by atoms with Crippen LogP contribution in [-0.2, 0) is 11.3 Å². The van der Waals surface area contributed by atoms with Crippen LogP contribution in [0.1, 0.15) is 24.6 Å². The fraction of sp³-hybridized carbons (Fsp3) is 0.412. The van der Waals surface area contributed by atoms with Crippen molar-refractivity contribution < 1.29 is 9.13 Å². The molecule has 0 fully saturated rings. The zero-order valence-electron chi connectivity index (χ0n) is 14.3. The number of aryl methyl sites for hydroxylation is 1. The minimum Gasteiger partial charge on any atom is -0.382 e. The second-order valence-corrected chi connectivity index (χ2v) is 6.28. The Hall–Kier alpha value is -1.70. The molecule has 0 atom stereocenters. The molecule has 1 aromatic carbocycles. The number of ether oxygens (including phenoxy) is 1. The summed E-state index contributed by atoms with van der Waals surface area (Å²) in [6.45, 7) is 6.25. The minimum absolute atomic E-state index is 0.258. The molecule has 0 saturated heterocycles. The largest absolute Gasteiger partial charge is 0.382 e. The molecule has 1 aromatic heterocycles. The molecule has 8 heteroatoms. The van der Waals surface area contributed by atoms with E-state index in [1.165, 1.54) is 6.07 Å². The average molecular weight is 385 g/mol. The van der Waals surface area contributed by atoms with E-state index in [0.29, 0.717) is 34.7 Å². The van der Waals surface area contributed by atoms with Gasteiger partial charge in [0.05, 0.1) is 6.54 Å². The molecule has 1 heterocycles. The topological polar surface area (TPSA) is 51.1 Å². The molecule has 0 saturated carbocycles. The van der Waals surface area contributed by atoms with Crippen LogP contribution in [0, 0.1) is 12.7 Å². The lowest BCUT2D eigenvalue weighted by Gasteiger charge is -2.09. The van der Waals surface area contributed by atoms with Gasteiger partial charge in [-0.3, -0.25) is 4.68 Å². The maximum atomic E-state index is 13.9. The average Bonchev–Trinajstić information content (AvgIpc) is 2.90. The summed E-state index contributed by atoms with van der Waals surface area (Å²) in [5.41, 5.74) is 1.29. The van der Waals surface area contributed by atoms with Crippen LogP contribution in [0.5, 0.6) is 0 Å². The van der Waals surface area contributed by atoms with Crippen molar-refractivity contribution in [3.8, 4) is 0 Å². The van der Waals surface area contributed by atoms with Crippen LogP contribution in [0.2, 0.25) is 5.02 Å². The normalized spacial score (nSPS) is 10.7. The van der Waals surface area contributed by atoms with E-state index in [1.54, 1.807) is 16.8 Å². The Bertz CT molecular complexity index is 702. The van der Waals surface area contributed by atoms with Gasteiger partial charge in [0.15, 0.2) is 10.9 Å². The van der Waals surface area contributed by atoms with Crippen molar-refractivity contribution in [3.63, 3.8) is 0 Å². The highest BCUT2D eigenvalue weighted by Crippen LogP contribution is 2.21. The van der Waals surface area contributed by atoms with E-state index >= 15 is 0 Å². The Morgan fingerprint density at radius 1 is 1.44 bits per heavy atom. The van der Waals surface area contributed by atoms with Crippen LogP contribution in [0.3, 0.4) is 0 Å². The van der Waals surface area contributed by atoms with Gasteiger partial charge in [0.1, 0.15) is 5.82 Å². The molecular weight excluding hydrogens is 363 g/mol. The third-order valence-electron chi connectivity index (χ3n) is 3.55. The molecule has 0 radical (unpaired) electrons. The lowest BCUT2D eigenvalue weighted by atomic mass is 10.2. The van der Waals surface area contributed by atoms with Crippen molar-refractivity contribution in [1.29, 1.82) is 0 Å². The Kier molecular flexibility index (Phi) is 7.61. The summed E-state index contributed by atoms with van der Waals surface area (Å²) in [7, 11) is 0. The SMILES string of the molecule is CCOCCCNC(=S)Nc1cc(C)n(Cc2c(F)cccc2Cl)n1. The van der Waals surface area contributed by atoms with E-state index in [-0.39, 0.29) is 12.4 Å². The third kappa shape index (κ3) is 5.95. The molecule has 0 aliphatic rings. The van der Waals surface area contributed by atoms with Crippen molar-refractivity contribution >= 4 is 34.7 Å². The molecule has 0 amide bonds. The van der Waals surface area contributed by atoms with Gasteiger partial charge in [-0.15, -0.1) is 0 Å². The quantitative estimate of drug-likeness (QED) is 0.536. The zero-order valence-corrected chi connectivity index (χ0v) is 15.9. The first kappa shape index (κ1) is 19.6. The molecule has 5 nitrogen and oxygen atoms in total. The molecule has 0 bridgehead atoms. The smallest absolute Gasteiger partial charge is 0.171 e. The standard InChI is InChI=1S/C17H22ClFN4OS/c1-3-24-9-5-8-20-17(25)21-16-10-12(2)23(22-16)11-13-14(18)6-4-7-15(13)19/h4,6-7,10H,3,5,8-9,11H2,1-2H3,(H2,20,21,22,25). The summed E-state index contributed by atoms with van der Waals surface area (Å²) in [4.78, 5) is 0. The predicted octanol–water partition coefficient (Wildman–Crippen LogP) is 3.75. The minimum atomic E-state index is -0.344. The fourth-order valence-electron chi connectivity index (χ4n) is 2.25. The first-order valence-electron chi connectivity index (χ1n) is 8.11. The predicted molar refractivity (Wildman–Crippen MR) is 103 cm³/mol. The van der Waals surface area contributed by atoms with E-state index in [4.69, 9.17) is 28.6 Å². The second kappa shape index (κ2) is 9.70. The highest BCUT2D eigenvalue weighted by atomic mass is 35.5. The molecule has 2 rings (SSSR count). The number of thiocarbonyl (C=S) groups is 1. The number of benzene rings is 1. The highest BCUT2D eigenvalue weighted by molar-refractivity contribution is 7.80. The van der Waals surface area contributed by atoms with Crippen molar-refractivity contribution in [2.45, 2.75) is 26.8 Å². The molecule has 0 unspecified atom stereocenters. The number of anilines is 1. The second-order valence-electron chi connectivity index (χ2n) is 5.46. The zero-order chi connectivity index (χ0) is 18.2. The maximum Gasteiger partial charge on any atom is 0.171 e. The van der Waals surface area contributed by atoms with Crippen LogP contribution < -0.4 is 10.6 Å². The number of halogens is 2. The van der Waals surface area contributed by atoms with Gasteiger partial charge in [-0.05, 0) is 44.6 Å². The number of nitrogens with zero attached hydrogens (tertiary/aromatic N) is 2. The maximum absolute atomic E-state index is 13.9. The fourth-order valence-corrected chi connectivity index (χ4v) is 2.67. The molecule has 25 heavy (non-hydrogen) atoms. The van der Waals surface area contributed by atoms with Crippen LogP contribution >= 0.6 is 23.8 Å². The molecule has 0 aliphatic carbocycles. The number of nitrogens with one attached hydrogen (secondary N) is 2. The van der Waals surface area contributed by atoms with E-state index in [9.17, 15) is 4.39 Å². The Morgan fingerprint density at radius 3 is 2.96 bits per heavy atom. The third-order valence-corrected chi connectivity index (χ3v) is 4.15. The van der Waals surface area contributed by atoms with Crippen LogP contribution in [0.4, 0.5) is 10.2 Å². The lowest BCUT2D eigenvalue weighted by Crippen LogP contribution is -2.30. The summed E-state index contributed by atoms with van der Waals surface area (Å²) >= 11 is 11.3. The molecule has 0 spiro atoms. The summed E-state index contributed by atoms with van der Waals surface area (Å²) < 4.78 is 20.9. The van der Waals surface area contributed by atoms with Gasteiger partial charge in [0, 0.05) is 42.1 Å². The Labute approximate surface area is 157 Å². The van der Waals surface area contributed by atoms with Gasteiger partial charge < -0.3 is 15.4 Å². The van der Waals surface area contributed by atoms with Crippen LogP contribution in [-0.4, -0.2) is 34.7 Å². The van der Waals surface area contributed by atoms with Crippen LogP contribution in [0.15, 0.2) is 24.3 Å². The number of rotatable bonds is 8. The van der Waals surface area contributed by atoms with E-state index in [0.717, 1.165) is 18.7 Å². The van der Waals surface area contributed by atoms with Gasteiger partial charge in [-0.25, -0.2) is 4.39 Å². The Balaban J connectivity index is 1.92. The number of hydrogen-bond acceptors (Lipinski definition) is 3. The number of aromatic nitrogens is 2. The molecule has 0 aliphatic heterocycles. The van der Waals surface area contributed by atoms with Crippen molar-refractivity contribution in [2.24, 2.45) is 0 Å². The summed E-state index contributed by atoms with van der Waals surface area (Å²) in [6, 6.07) is 6.49. The van der Waals surface area contributed by atoms with Gasteiger partial charge in [0.25, 0.3) is 0 Å². The monoisotopic (exact) mass is 384 g/mol. The lowest BCUT2D eigenvalue weighted by molar-refractivity contribution is 0.146. The van der Waals surface area contributed by atoms with Gasteiger partial charge in [-0.1, -0.05) is 17.7 Å². The van der Waals surface area contributed by atoms with E-state index < -0.39 is 0 Å². The van der Waals surface area contributed by atoms with Crippen molar-refractivity contribution in [2.75, 3.05) is 25.1 Å². The van der Waals surface area contributed by atoms with Crippen molar-refractivity contribution in [3.05, 3.63) is 46.4 Å². The van der Waals surface area contributed by atoms with E-state index in [1.807, 2.05) is 19.9 Å². The molecular formula is C17H22ClFN4OS. The first-order chi connectivity index (χ1) is 12.0. The van der Waals surface area contributed by atoms with Crippen LogP contribution in [0.25, 0.3) is 0 Å². The molecule has 2 N–H and O–H groups in total. The summed E-state index contributed by atoms with van der Waals surface area (Å²) in [6.07, 6.45) is 0.870. The first-order valence-corrected chi connectivity index (χ1v) is 8.89. The van der Waals surface area contributed by atoms with Crippen molar-refractivity contribution in [1.82, 2.24) is 15.1 Å². The summed E-state index contributed by atoms with van der Waals surface area (Å²) in [5, 5.41) is 11.4. The highest BCUT2D eigenvalue weighted by Gasteiger charge is 2.11. The summed E-state index contributed by atoms with van der Waals surface area (Å²) in [5.74, 6) is 0.260. The van der Waals surface area contributed by atoms with Gasteiger partial charge in [0.2, 0.25) is 0 Å². The molecule has 2 aromatic rings. The van der Waals surface area contributed by atoms with Gasteiger partial charge >= 0.3 is 0 Å². The Morgan fingerprint density at radius 2 is 2.24 bits per heavy atom. The van der Waals surface area contributed by atoms with E-state index in [2.05, 4.69) is 15.7 Å².